The predicted molar refractivity (Wildman–Crippen MR) is 131 cm³/mol. The van der Waals surface area contributed by atoms with Crippen molar-refractivity contribution in [3.05, 3.63) is 90.0 Å². The Morgan fingerprint density at radius 1 is 0.606 bits per heavy atom. The van der Waals surface area contributed by atoms with Gasteiger partial charge in [0.15, 0.2) is 0 Å². The average Bonchev–Trinajstić information content (AvgIpc) is 2.82. The molecule has 3 rings (SSSR count). The summed E-state index contributed by atoms with van der Waals surface area (Å²) in [6.07, 6.45) is 3.34. The van der Waals surface area contributed by atoms with Crippen molar-refractivity contribution in [2.24, 2.45) is 0 Å². The lowest BCUT2D eigenvalue weighted by molar-refractivity contribution is -0.142. The van der Waals surface area contributed by atoms with Gasteiger partial charge in [-0.2, -0.15) is 0 Å². The zero-order chi connectivity index (χ0) is 23.5. The molecule has 0 aromatic heterocycles. The van der Waals surface area contributed by atoms with Gasteiger partial charge in [0.25, 0.3) is 0 Å². The van der Waals surface area contributed by atoms with Gasteiger partial charge in [-0.1, -0.05) is 42.5 Å². The van der Waals surface area contributed by atoms with Crippen LogP contribution in [0.25, 0.3) is 0 Å². The highest BCUT2D eigenvalue weighted by molar-refractivity contribution is 5.76. The molecule has 0 heterocycles. The molecule has 0 saturated carbocycles. The quantitative estimate of drug-likeness (QED) is 0.262. The van der Waals surface area contributed by atoms with Crippen LogP contribution in [0.2, 0.25) is 0 Å². The third-order valence-corrected chi connectivity index (χ3v) is 5.23. The van der Waals surface area contributed by atoms with Gasteiger partial charge in [-0.3, -0.25) is 9.59 Å². The molecule has 3 aromatic rings. The smallest absolute Gasteiger partial charge is 0.302 e. The number of hydrogen-bond acceptors (Lipinski definition) is 5. The molecule has 0 spiro atoms. The molecule has 0 fully saturated rings. The Hall–Kier alpha value is -3.60. The molecule has 0 saturated heterocycles. The van der Waals surface area contributed by atoms with Gasteiger partial charge in [-0.15, -0.1) is 0 Å². The fourth-order valence-electron chi connectivity index (χ4n) is 3.63. The summed E-state index contributed by atoms with van der Waals surface area (Å²) in [7, 11) is 0. The molecular weight excluding hydrogens is 414 g/mol. The van der Waals surface area contributed by atoms with Crippen LogP contribution in [0.4, 0.5) is 17.1 Å². The number of carbonyl (C=O) groups excluding carboxylic acids is 2. The first-order chi connectivity index (χ1) is 16.0. The zero-order valence-electron chi connectivity index (χ0n) is 19.3. The van der Waals surface area contributed by atoms with Crippen LogP contribution < -0.4 is 4.90 Å². The van der Waals surface area contributed by atoms with Crippen molar-refractivity contribution in [3.8, 4) is 0 Å². The van der Waals surface area contributed by atoms with Crippen molar-refractivity contribution in [1.29, 1.82) is 0 Å². The lowest BCUT2D eigenvalue weighted by Gasteiger charge is -2.26. The van der Waals surface area contributed by atoms with Crippen molar-refractivity contribution in [2.45, 2.75) is 39.5 Å². The zero-order valence-corrected chi connectivity index (χ0v) is 19.3. The van der Waals surface area contributed by atoms with E-state index >= 15 is 0 Å². The number of anilines is 3. The summed E-state index contributed by atoms with van der Waals surface area (Å²) in [6.45, 7) is 3.76. The molecule has 3 aromatic carbocycles. The highest BCUT2D eigenvalue weighted by Gasteiger charge is 2.12. The largest absolute Gasteiger partial charge is 0.466 e. The van der Waals surface area contributed by atoms with E-state index in [1.54, 1.807) is 0 Å². The van der Waals surface area contributed by atoms with Gasteiger partial charge in [0.05, 0.1) is 13.2 Å². The third kappa shape index (κ3) is 7.79. The van der Waals surface area contributed by atoms with E-state index in [9.17, 15) is 9.59 Å². The van der Waals surface area contributed by atoms with Crippen molar-refractivity contribution in [3.63, 3.8) is 0 Å². The Bertz CT molecular complexity index is 949. The summed E-state index contributed by atoms with van der Waals surface area (Å²) in [5, 5.41) is 0. The molecule has 0 aliphatic rings. The van der Waals surface area contributed by atoms with Crippen LogP contribution in [0.1, 0.15) is 37.8 Å². The van der Waals surface area contributed by atoms with Crippen molar-refractivity contribution in [1.82, 2.24) is 0 Å². The molecule has 0 radical (unpaired) electrons. The molecule has 0 unspecified atom stereocenters. The summed E-state index contributed by atoms with van der Waals surface area (Å²) in [5.74, 6) is -0.474. The molecule has 172 valence electrons. The molecule has 0 N–H and O–H groups in total. The molecule has 0 bridgehead atoms. The highest BCUT2D eigenvalue weighted by Crippen LogP contribution is 2.34. The topological polar surface area (TPSA) is 55.8 Å². The number of aryl methyl sites for hydroxylation is 2. The van der Waals surface area contributed by atoms with E-state index in [4.69, 9.17) is 9.47 Å². The number of hydrogen-bond donors (Lipinski definition) is 0. The normalized spacial score (nSPS) is 10.5. The summed E-state index contributed by atoms with van der Waals surface area (Å²) < 4.78 is 10.0. The lowest BCUT2D eigenvalue weighted by atomic mass is 10.1. The van der Waals surface area contributed by atoms with Crippen LogP contribution >= 0.6 is 0 Å². The van der Waals surface area contributed by atoms with Gasteiger partial charge in [-0.05, 0) is 73.2 Å². The number of para-hydroxylation sites is 1. The maximum absolute atomic E-state index is 10.9. The van der Waals surface area contributed by atoms with Crippen LogP contribution in [-0.4, -0.2) is 25.2 Å². The summed E-state index contributed by atoms with van der Waals surface area (Å²) >= 11 is 0. The lowest BCUT2D eigenvalue weighted by Crippen LogP contribution is -2.10. The number of benzene rings is 3. The average molecular weight is 446 g/mol. The van der Waals surface area contributed by atoms with Gasteiger partial charge in [0.1, 0.15) is 0 Å². The van der Waals surface area contributed by atoms with Gasteiger partial charge in [0.2, 0.25) is 0 Å². The second-order valence-corrected chi connectivity index (χ2v) is 7.89. The molecule has 5 nitrogen and oxygen atoms in total. The van der Waals surface area contributed by atoms with Crippen LogP contribution in [-0.2, 0) is 31.9 Å². The van der Waals surface area contributed by atoms with Crippen LogP contribution in [0.15, 0.2) is 78.9 Å². The number of carbonyl (C=O) groups is 2. The second-order valence-electron chi connectivity index (χ2n) is 7.89. The first kappa shape index (κ1) is 24.1. The van der Waals surface area contributed by atoms with Gasteiger partial charge >= 0.3 is 11.9 Å². The predicted octanol–water partition coefficient (Wildman–Crippen LogP) is 6.15. The maximum atomic E-state index is 10.9. The fraction of sp³-hybridized carbons (Fsp3) is 0.286. The van der Waals surface area contributed by atoms with E-state index in [1.165, 1.54) is 25.0 Å². The molecule has 0 amide bonds. The number of nitrogens with zero attached hydrogens (tertiary/aromatic N) is 1. The minimum atomic E-state index is -0.237. The first-order valence-corrected chi connectivity index (χ1v) is 11.3. The minimum Gasteiger partial charge on any atom is -0.466 e. The van der Waals surface area contributed by atoms with E-state index < -0.39 is 0 Å². The van der Waals surface area contributed by atoms with Crippen molar-refractivity contribution >= 4 is 29.0 Å². The van der Waals surface area contributed by atoms with E-state index in [0.29, 0.717) is 13.2 Å². The van der Waals surface area contributed by atoms with E-state index in [1.807, 2.05) is 18.2 Å². The summed E-state index contributed by atoms with van der Waals surface area (Å²) in [6, 6.07) is 27.3. The Labute approximate surface area is 196 Å². The maximum Gasteiger partial charge on any atom is 0.302 e. The first-order valence-electron chi connectivity index (χ1n) is 11.3. The number of rotatable bonds is 11. The monoisotopic (exact) mass is 445 g/mol. The number of esters is 2. The van der Waals surface area contributed by atoms with Gasteiger partial charge in [0, 0.05) is 30.9 Å². The highest BCUT2D eigenvalue weighted by atomic mass is 16.5. The molecule has 33 heavy (non-hydrogen) atoms. The van der Waals surface area contributed by atoms with E-state index in [2.05, 4.69) is 65.6 Å². The van der Waals surface area contributed by atoms with Crippen LogP contribution in [0.5, 0.6) is 0 Å². The minimum absolute atomic E-state index is 0.237. The van der Waals surface area contributed by atoms with Crippen molar-refractivity contribution in [2.75, 3.05) is 18.1 Å². The molecule has 5 heteroatoms. The summed E-state index contributed by atoms with van der Waals surface area (Å²) in [4.78, 5) is 24.0. The van der Waals surface area contributed by atoms with Gasteiger partial charge in [-0.25, -0.2) is 0 Å². The van der Waals surface area contributed by atoms with Crippen molar-refractivity contribution < 1.29 is 19.1 Å². The fourth-order valence-corrected chi connectivity index (χ4v) is 3.63. The van der Waals surface area contributed by atoms with E-state index in [-0.39, 0.29) is 11.9 Å². The molecule has 0 aliphatic heterocycles. The molecule has 0 atom stereocenters. The van der Waals surface area contributed by atoms with E-state index in [0.717, 1.165) is 42.7 Å². The standard InChI is InChI=1S/C28H31NO4/c1-22(30)32-20-6-8-24-12-16-27(17-13-24)29(26-10-4-3-5-11-26)28-18-14-25(15-19-28)9-7-21-33-23(2)31/h3-5,10-19H,6-9,20-21H2,1-2H3. The second kappa shape index (κ2) is 12.4. The van der Waals surface area contributed by atoms with Crippen LogP contribution in [0.3, 0.4) is 0 Å². The summed E-state index contributed by atoms with van der Waals surface area (Å²) in [5.41, 5.74) is 5.66. The molecular formula is C28H31NO4. The SMILES string of the molecule is CC(=O)OCCCc1ccc(N(c2ccccc2)c2ccc(CCCOC(C)=O)cc2)cc1. The molecule has 0 aliphatic carbocycles. The number of ether oxygens (including phenoxy) is 2. The Kier molecular flexibility index (Phi) is 9.07. The Morgan fingerprint density at radius 3 is 1.39 bits per heavy atom. The third-order valence-electron chi connectivity index (χ3n) is 5.23. The Morgan fingerprint density at radius 2 is 1.00 bits per heavy atom. The van der Waals surface area contributed by atoms with Gasteiger partial charge < -0.3 is 14.4 Å². The van der Waals surface area contributed by atoms with Crippen LogP contribution in [0, 0.1) is 0 Å². The Balaban J connectivity index is 1.72.